The predicted molar refractivity (Wildman–Crippen MR) is 111 cm³/mol. The highest BCUT2D eigenvalue weighted by Crippen LogP contribution is 2.27. The summed E-state index contributed by atoms with van der Waals surface area (Å²) >= 11 is 0. The first kappa shape index (κ1) is 20.8. The van der Waals surface area contributed by atoms with Crippen LogP contribution in [-0.4, -0.2) is 67.9 Å². The summed E-state index contributed by atoms with van der Waals surface area (Å²) in [5, 5.41) is 18.8. The van der Waals surface area contributed by atoms with E-state index >= 15 is 0 Å². The third kappa shape index (κ3) is 4.93. The van der Waals surface area contributed by atoms with Gasteiger partial charge in [-0.15, -0.1) is 0 Å². The highest BCUT2D eigenvalue weighted by Gasteiger charge is 2.21. The number of hydrogen-bond donors (Lipinski definition) is 2. The monoisotopic (exact) mass is 417 g/mol. The molecule has 154 valence electrons. The van der Waals surface area contributed by atoms with E-state index in [0.29, 0.717) is 41.9 Å². The topological polar surface area (TPSA) is 127 Å². The quantitative estimate of drug-likeness (QED) is 0.697. The maximum Gasteiger partial charge on any atom is 0.336 e. The molecule has 1 aromatic heterocycles. The van der Waals surface area contributed by atoms with Crippen LogP contribution in [0.4, 0.5) is 11.5 Å². The molecular weight excluding hydrogens is 394 g/mol. The Morgan fingerprint density at radius 3 is 2.62 bits per heavy atom. The SMILES string of the molecule is CCS(=O)(=O)Nc1ccc2nc(N3CCN(CCC#N)CC3)cc(C(=O)O)c2c1. The van der Waals surface area contributed by atoms with Gasteiger partial charge in [0.1, 0.15) is 5.82 Å². The van der Waals surface area contributed by atoms with Gasteiger partial charge in [0.25, 0.3) is 0 Å². The number of sulfonamides is 1. The van der Waals surface area contributed by atoms with E-state index in [2.05, 4.69) is 20.7 Å². The number of aromatic nitrogens is 1. The molecule has 0 bridgehead atoms. The summed E-state index contributed by atoms with van der Waals surface area (Å²) in [6.07, 6.45) is 0.488. The molecule has 0 spiro atoms. The van der Waals surface area contributed by atoms with Gasteiger partial charge in [-0.25, -0.2) is 18.2 Å². The number of carbonyl (C=O) groups is 1. The molecule has 0 aliphatic carbocycles. The molecule has 0 amide bonds. The minimum Gasteiger partial charge on any atom is -0.478 e. The van der Waals surface area contributed by atoms with Crippen molar-refractivity contribution in [3.63, 3.8) is 0 Å². The number of fused-ring (bicyclic) bond motifs is 1. The van der Waals surface area contributed by atoms with Gasteiger partial charge in [-0.1, -0.05) is 0 Å². The van der Waals surface area contributed by atoms with Gasteiger partial charge in [0.05, 0.1) is 22.9 Å². The fourth-order valence-corrected chi connectivity index (χ4v) is 3.91. The number of anilines is 2. The van der Waals surface area contributed by atoms with E-state index in [9.17, 15) is 18.3 Å². The molecule has 0 radical (unpaired) electrons. The average molecular weight is 417 g/mol. The van der Waals surface area contributed by atoms with Crippen molar-refractivity contribution in [2.75, 3.05) is 48.1 Å². The predicted octanol–water partition coefficient (Wildman–Crippen LogP) is 1.73. The van der Waals surface area contributed by atoms with Gasteiger partial charge in [-0.2, -0.15) is 5.26 Å². The minimum absolute atomic E-state index is 0.0750. The Balaban J connectivity index is 1.90. The highest BCUT2D eigenvalue weighted by molar-refractivity contribution is 7.92. The Morgan fingerprint density at radius 2 is 2.00 bits per heavy atom. The van der Waals surface area contributed by atoms with Crippen molar-refractivity contribution < 1.29 is 18.3 Å². The van der Waals surface area contributed by atoms with Gasteiger partial charge in [0.2, 0.25) is 10.0 Å². The molecule has 1 fully saturated rings. The number of nitriles is 1. The van der Waals surface area contributed by atoms with Crippen LogP contribution in [0.3, 0.4) is 0 Å². The van der Waals surface area contributed by atoms with Crippen molar-refractivity contribution in [1.29, 1.82) is 5.26 Å². The van der Waals surface area contributed by atoms with E-state index in [-0.39, 0.29) is 11.3 Å². The van der Waals surface area contributed by atoms with Gasteiger partial charge in [-0.3, -0.25) is 9.62 Å². The Kier molecular flexibility index (Phi) is 6.20. The molecule has 0 unspecified atom stereocenters. The molecule has 10 heteroatoms. The molecule has 29 heavy (non-hydrogen) atoms. The van der Waals surface area contributed by atoms with Crippen LogP contribution < -0.4 is 9.62 Å². The van der Waals surface area contributed by atoms with Gasteiger partial charge in [-0.05, 0) is 31.2 Å². The standard InChI is InChI=1S/C19H23N5O4S/c1-2-29(27,28)22-14-4-5-17-15(12-14)16(19(25)26)13-18(21-17)24-10-8-23(9-11-24)7-3-6-20/h4-5,12-13,22H,2-3,7-11H2,1H3,(H,25,26). The Morgan fingerprint density at radius 1 is 1.28 bits per heavy atom. The van der Waals surface area contributed by atoms with E-state index in [1.165, 1.54) is 19.1 Å². The van der Waals surface area contributed by atoms with E-state index in [4.69, 9.17) is 5.26 Å². The lowest BCUT2D eigenvalue weighted by molar-refractivity contribution is 0.0699. The fraction of sp³-hybridized carbons (Fsp3) is 0.421. The molecule has 0 saturated carbocycles. The summed E-state index contributed by atoms with van der Waals surface area (Å²) < 4.78 is 26.0. The second kappa shape index (κ2) is 8.63. The molecule has 2 aromatic rings. The summed E-state index contributed by atoms with van der Waals surface area (Å²) in [4.78, 5) is 20.7. The largest absolute Gasteiger partial charge is 0.478 e. The van der Waals surface area contributed by atoms with E-state index in [0.717, 1.165) is 19.6 Å². The summed E-state index contributed by atoms with van der Waals surface area (Å²) in [6, 6.07) is 8.39. The minimum atomic E-state index is -3.46. The zero-order chi connectivity index (χ0) is 21.0. The number of rotatable bonds is 7. The molecule has 1 aromatic carbocycles. The van der Waals surface area contributed by atoms with Crippen molar-refractivity contribution in [3.05, 3.63) is 29.8 Å². The zero-order valence-electron chi connectivity index (χ0n) is 16.1. The van der Waals surface area contributed by atoms with Crippen molar-refractivity contribution in [2.24, 2.45) is 0 Å². The summed E-state index contributed by atoms with van der Waals surface area (Å²) in [7, 11) is -3.46. The molecule has 1 saturated heterocycles. The number of pyridine rings is 1. The Bertz CT molecular complexity index is 1060. The number of nitrogens with one attached hydrogen (secondary N) is 1. The molecule has 9 nitrogen and oxygen atoms in total. The van der Waals surface area contributed by atoms with Crippen molar-refractivity contribution >= 4 is 38.4 Å². The molecule has 2 heterocycles. The third-order valence-electron chi connectivity index (χ3n) is 4.92. The lowest BCUT2D eigenvalue weighted by atomic mass is 10.1. The van der Waals surface area contributed by atoms with Crippen LogP contribution in [0, 0.1) is 11.3 Å². The first-order valence-electron chi connectivity index (χ1n) is 9.36. The number of piperazine rings is 1. The molecular formula is C19H23N5O4S. The number of nitrogens with zero attached hydrogens (tertiary/aromatic N) is 4. The smallest absolute Gasteiger partial charge is 0.336 e. The van der Waals surface area contributed by atoms with E-state index < -0.39 is 16.0 Å². The van der Waals surface area contributed by atoms with Crippen LogP contribution in [0.1, 0.15) is 23.7 Å². The molecule has 2 N–H and O–H groups in total. The summed E-state index contributed by atoms with van der Waals surface area (Å²) in [6.45, 7) is 5.20. The lowest BCUT2D eigenvalue weighted by Gasteiger charge is -2.35. The summed E-state index contributed by atoms with van der Waals surface area (Å²) in [5.41, 5.74) is 0.878. The second-order valence-corrected chi connectivity index (χ2v) is 8.82. The number of hydrogen-bond acceptors (Lipinski definition) is 7. The van der Waals surface area contributed by atoms with Crippen LogP contribution in [0.5, 0.6) is 0 Å². The molecule has 0 atom stereocenters. The first-order valence-corrected chi connectivity index (χ1v) is 11.0. The van der Waals surface area contributed by atoms with Crippen molar-refractivity contribution in [2.45, 2.75) is 13.3 Å². The molecule has 1 aliphatic heterocycles. The molecule has 1 aliphatic rings. The van der Waals surface area contributed by atoms with Crippen LogP contribution >= 0.6 is 0 Å². The van der Waals surface area contributed by atoms with Crippen LogP contribution in [0.25, 0.3) is 10.9 Å². The number of aromatic carboxylic acids is 1. The average Bonchev–Trinajstić information content (AvgIpc) is 2.71. The van der Waals surface area contributed by atoms with Gasteiger partial charge >= 0.3 is 5.97 Å². The van der Waals surface area contributed by atoms with Crippen molar-refractivity contribution in [3.8, 4) is 6.07 Å². The third-order valence-corrected chi connectivity index (χ3v) is 6.22. The van der Waals surface area contributed by atoms with Crippen LogP contribution in [0.15, 0.2) is 24.3 Å². The van der Waals surface area contributed by atoms with Crippen LogP contribution in [-0.2, 0) is 10.0 Å². The van der Waals surface area contributed by atoms with Gasteiger partial charge < -0.3 is 10.0 Å². The maximum atomic E-state index is 11.8. The van der Waals surface area contributed by atoms with Gasteiger partial charge in [0, 0.05) is 50.2 Å². The van der Waals surface area contributed by atoms with Crippen LogP contribution in [0.2, 0.25) is 0 Å². The Hall–Kier alpha value is -2.90. The lowest BCUT2D eigenvalue weighted by Crippen LogP contribution is -2.46. The number of carboxylic acid groups (broad SMARTS) is 1. The summed E-state index contributed by atoms with van der Waals surface area (Å²) in [5.74, 6) is -0.590. The zero-order valence-corrected chi connectivity index (χ0v) is 16.9. The normalized spacial score (nSPS) is 15.2. The van der Waals surface area contributed by atoms with E-state index in [1.54, 1.807) is 12.1 Å². The Labute approximate surface area is 169 Å². The molecule has 3 rings (SSSR count). The second-order valence-electron chi connectivity index (χ2n) is 6.81. The maximum absolute atomic E-state index is 11.8. The number of benzene rings is 1. The fourth-order valence-electron chi connectivity index (χ4n) is 3.27. The van der Waals surface area contributed by atoms with Gasteiger partial charge in [0.15, 0.2) is 0 Å². The van der Waals surface area contributed by atoms with E-state index in [1.807, 2.05) is 4.90 Å². The first-order chi connectivity index (χ1) is 13.8. The highest BCUT2D eigenvalue weighted by atomic mass is 32.2. The number of carboxylic acids is 1. The van der Waals surface area contributed by atoms with Crippen molar-refractivity contribution in [1.82, 2.24) is 9.88 Å².